The lowest BCUT2D eigenvalue weighted by Crippen LogP contribution is -2.46. The van der Waals surface area contributed by atoms with Crippen LogP contribution in [0.3, 0.4) is 0 Å². The van der Waals surface area contributed by atoms with Crippen LogP contribution in [0.2, 0.25) is 5.02 Å². The van der Waals surface area contributed by atoms with E-state index in [9.17, 15) is 9.59 Å². The van der Waals surface area contributed by atoms with Gasteiger partial charge in [-0.3, -0.25) is 9.59 Å². The monoisotopic (exact) mass is 515 g/mol. The highest BCUT2D eigenvalue weighted by Crippen LogP contribution is 2.33. The highest BCUT2D eigenvalue weighted by molar-refractivity contribution is 6.35. The Balaban J connectivity index is 1.26. The number of nitrogens with zero attached hydrogens (tertiary/aromatic N) is 2. The molecule has 0 spiro atoms. The zero-order valence-electron chi connectivity index (χ0n) is 20.0. The first-order chi connectivity index (χ1) is 18.0. The fraction of sp³-hybridized carbons (Fsp3) is 0.179. The zero-order chi connectivity index (χ0) is 25.8. The van der Waals surface area contributed by atoms with Gasteiger partial charge in [0.25, 0.3) is 5.91 Å². The average Bonchev–Trinajstić information content (AvgIpc) is 3.35. The summed E-state index contributed by atoms with van der Waals surface area (Å²) < 4.78 is 5.88. The second kappa shape index (κ2) is 10.9. The van der Waals surface area contributed by atoms with Crippen LogP contribution in [-0.4, -0.2) is 47.9 Å². The molecule has 3 heterocycles. The van der Waals surface area contributed by atoms with Crippen LogP contribution in [0.15, 0.2) is 71.3 Å². The summed E-state index contributed by atoms with van der Waals surface area (Å²) in [5.74, 6) is 0.788. The van der Waals surface area contributed by atoms with E-state index in [0.29, 0.717) is 40.8 Å². The van der Waals surface area contributed by atoms with E-state index >= 15 is 0 Å². The van der Waals surface area contributed by atoms with Gasteiger partial charge in [-0.2, -0.15) is 0 Å². The minimum absolute atomic E-state index is 0.0445. The average molecular weight is 516 g/mol. The van der Waals surface area contributed by atoms with Crippen molar-refractivity contribution in [3.8, 4) is 11.1 Å². The molecule has 4 aromatic rings. The van der Waals surface area contributed by atoms with Crippen molar-refractivity contribution in [3.63, 3.8) is 0 Å². The molecule has 1 saturated heterocycles. The van der Waals surface area contributed by atoms with Gasteiger partial charge in [0.15, 0.2) is 5.58 Å². The van der Waals surface area contributed by atoms with Crippen LogP contribution in [0.25, 0.3) is 28.2 Å². The first kappa shape index (κ1) is 24.5. The Hall–Kier alpha value is -4.14. The lowest BCUT2D eigenvalue weighted by atomic mass is 10.0. The summed E-state index contributed by atoms with van der Waals surface area (Å²) in [6, 6.07) is 16.7. The minimum atomic E-state index is -0.264. The lowest BCUT2D eigenvalue weighted by molar-refractivity contribution is -0.116. The summed E-state index contributed by atoms with van der Waals surface area (Å²) in [7, 11) is 0. The summed E-state index contributed by atoms with van der Waals surface area (Å²) in [4.78, 5) is 30.8. The van der Waals surface area contributed by atoms with Crippen LogP contribution in [0.4, 0.5) is 5.82 Å². The van der Waals surface area contributed by atoms with Crippen molar-refractivity contribution in [2.75, 3.05) is 31.9 Å². The molecule has 9 heteroatoms. The van der Waals surface area contributed by atoms with Gasteiger partial charge in [-0.05, 0) is 65.2 Å². The molecule has 0 saturated carbocycles. The van der Waals surface area contributed by atoms with Crippen LogP contribution in [0, 0.1) is 0 Å². The molecule has 0 unspecified atom stereocenters. The highest BCUT2D eigenvalue weighted by atomic mass is 35.5. The molecule has 0 aliphatic carbocycles. The number of halogens is 1. The molecule has 1 aliphatic heterocycles. The number of amides is 2. The molecule has 37 heavy (non-hydrogen) atoms. The number of aromatic nitrogens is 1. The fourth-order valence-corrected chi connectivity index (χ4v) is 4.46. The Morgan fingerprint density at radius 2 is 1.86 bits per heavy atom. The topological polar surface area (TPSA) is 113 Å². The number of carbonyl (C=O) groups is 2. The van der Waals surface area contributed by atoms with Crippen LogP contribution in [-0.2, 0) is 11.3 Å². The first-order valence-electron chi connectivity index (χ1n) is 12.0. The number of fused-ring (bicyclic) bond motifs is 1. The minimum Gasteiger partial charge on any atom is -0.458 e. The van der Waals surface area contributed by atoms with Crippen molar-refractivity contribution in [2.24, 2.45) is 0 Å². The number of pyridine rings is 1. The number of nitrogens with one attached hydrogen (secondary N) is 2. The normalized spacial score (nSPS) is 13.8. The Kier molecular flexibility index (Phi) is 7.20. The predicted octanol–water partition coefficient (Wildman–Crippen LogP) is 4.11. The second-order valence-corrected chi connectivity index (χ2v) is 9.18. The van der Waals surface area contributed by atoms with E-state index in [-0.39, 0.29) is 18.4 Å². The molecule has 4 N–H and O–H groups in total. The van der Waals surface area contributed by atoms with Crippen molar-refractivity contribution >= 4 is 46.3 Å². The molecule has 2 amide bonds. The van der Waals surface area contributed by atoms with Crippen molar-refractivity contribution in [3.05, 3.63) is 88.8 Å². The number of benzene rings is 2. The van der Waals surface area contributed by atoms with E-state index in [1.807, 2.05) is 47.4 Å². The summed E-state index contributed by atoms with van der Waals surface area (Å²) in [5.41, 5.74) is 9.43. The third kappa shape index (κ3) is 5.82. The molecular formula is C28H26ClN5O3. The number of rotatable bonds is 6. The summed E-state index contributed by atoms with van der Waals surface area (Å²) in [6.07, 6.45) is 4.68. The van der Waals surface area contributed by atoms with Crippen molar-refractivity contribution < 1.29 is 14.0 Å². The van der Waals surface area contributed by atoms with Crippen LogP contribution >= 0.6 is 11.6 Å². The van der Waals surface area contributed by atoms with Gasteiger partial charge in [0.05, 0.1) is 11.6 Å². The van der Waals surface area contributed by atoms with Crippen molar-refractivity contribution in [2.45, 2.75) is 6.54 Å². The zero-order valence-corrected chi connectivity index (χ0v) is 20.8. The fourth-order valence-electron chi connectivity index (χ4n) is 4.19. The molecule has 2 aromatic heterocycles. The third-order valence-corrected chi connectivity index (χ3v) is 6.45. The van der Waals surface area contributed by atoms with E-state index in [1.165, 1.54) is 6.08 Å². The smallest absolute Gasteiger partial charge is 0.253 e. The SMILES string of the molecule is Nc1ccc(/C=C/C(=O)NCc2cc3cc(-c4ccc(C(=O)N5CCNCC5)cc4)cc(Cl)c3o2)cn1. The van der Waals surface area contributed by atoms with Crippen LogP contribution in [0.1, 0.15) is 21.7 Å². The molecule has 1 fully saturated rings. The number of hydrogen-bond donors (Lipinski definition) is 3. The number of anilines is 1. The van der Waals surface area contributed by atoms with Gasteiger partial charge in [-0.25, -0.2) is 4.98 Å². The number of hydrogen-bond acceptors (Lipinski definition) is 6. The first-order valence-corrected chi connectivity index (χ1v) is 12.3. The Labute approximate surface area is 219 Å². The Morgan fingerprint density at radius 1 is 1.08 bits per heavy atom. The summed E-state index contributed by atoms with van der Waals surface area (Å²) in [6.45, 7) is 3.28. The van der Waals surface area contributed by atoms with Crippen LogP contribution < -0.4 is 16.4 Å². The maximum absolute atomic E-state index is 12.7. The quantitative estimate of drug-likeness (QED) is 0.333. The van der Waals surface area contributed by atoms with E-state index in [4.69, 9.17) is 21.8 Å². The molecular weight excluding hydrogens is 490 g/mol. The molecule has 8 nitrogen and oxygen atoms in total. The van der Waals surface area contributed by atoms with Gasteiger partial charge in [-0.15, -0.1) is 0 Å². The van der Waals surface area contributed by atoms with Gasteiger partial charge in [-0.1, -0.05) is 23.7 Å². The maximum Gasteiger partial charge on any atom is 0.253 e. The van der Waals surface area contributed by atoms with Gasteiger partial charge in [0, 0.05) is 49.4 Å². The Morgan fingerprint density at radius 3 is 2.59 bits per heavy atom. The molecule has 0 radical (unpaired) electrons. The molecule has 1 aliphatic rings. The van der Waals surface area contributed by atoms with E-state index in [2.05, 4.69) is 15.6 Å². The van der Waals surface area contributed by atoms with Gasteiger partial charge < -0.3 is 25.7 Å². The van der Waals surface area contributed by atoms with Gasteiger partial charge in [0.2, 0.25) is 5.91 Å². The summed E-state index contributed by atoms with van der Waals surface area (Å²) >= 11 is 6.53. The van der Waals surface area contributed by atoms with Crippen LogP contribution in [0.5, 0.6) is 0 Å². The number of nitrogen functional groups attached to an aromatic ring is 1. The molecule has 188 valence electrons. The predicted molar refractivity (Wildman–Crippen MR) is 145 cm³/mol. The third-order valence-electron chi connectivity index (χ3n) is 6.16. The number of nitrogens with two attached hydrogens (primary N) is 1. The Bertz CT molecular complexity index is 1460. The lowest BCUT2D eigenvalue weighted by Gasteiger charge is -2.27. The van der Waals surface area contributed by atoms with Gasteiger partial charge >= 0.3 is 0 Å². The van der Waals surface area contributed by atoms with Crippen molar-refractivity contribution in [1.82, 2.24) is 20.5 Å². The van der Waals surface area contributed by atoms with E-state index in [1.54, 1.807) is 24.4 Å². The number of carbonyl (C=O) groups excluding carboxylic acids is 2. The van der Waals surface area contributed by atoms with Gasteiger partial charge in [0.1, 0.15) is 11.6 Å². The van der Waals surface area contributed by atoms with Crippen molar-refractivity contribution in [1.29, 1.82) is 0 Å². The molecule has 0 atom stereocenters. The number of piperazine rings is 1. The van der Waals surface area contributed by atoms with E-state index in [0.717, 1.165) is 35.2 Å². The molecule has 2 aromatic carbocycles. The molecule has 0 bridgehead atoms. The summed E-state index contributed by atoms with van der Waals surface area (Å²) in [5, 5.41) is 7.36. The standard InChI is InChI=1S/C28H26ClN5O3/c29-24-15-21(19-3-5-20(6-4-19)28(36)34-11-9-31-10-12-34)13-22-14-23(37-27(22)24)17-33-26(35)8-2-18-1-7-25(30)32-16-18/h1-8,13-16,31H,9-12,17H2,(H2,30,32)(H,33,35)/b8-2+. The number of furan rings is 1. The second-order valence-electron chi connectivity index (χ2n) is 8.78. The van der Waals surface area contributed by atoms with E-state index < -0.39 is 0 Å². The molecule has 5 rings (SSSR count). The highest BCUT2D eigenvalue weighted by Gasteiger charge is 2.18. The maximum atomic E-state index is 12.7. The largest absolute Gasteiger partial charge is 0.458 e.